The van der Waals surface area contributed by atoms with Crippen LogP contribution in [0.15, 0.2) is 104 Å². The molecule has 31 heavy (non-hydrogen) atoms. The highest BCUT2D eigenvalue weighted by molar-refractivity contribution is 5.87. The van der Waals surface area contributed by atoms with E-state index in [2.05, 4.69) is 11.9 Å². The lowest BCUT2D eigenvalue weighted by atomic mass is 9.67. The van der Waals surface area contributed by atoms with Crippen LogP contribution in [0.3, 0.4) is 0 Å². The zero-order chi connectivity index (χ0) is 22.1. The molecule has 3 N–H and O–H groups in total. The Bertz CT molecular complexity index is 905. The molecule has 0 aliphatic heterocycles. The molecule has 0 fully saturated rings. The monoisotopic (exact) mass is 412 g/mol. The fourth-order valence-electron chi connectivity index (χ4n) is 4.03. The zero-order valence-electron chi connectivity index (χ0n) is 17.5. The lowest BCUT2D eigenvalue weighted by Gasteiger charge is -2.36. The Morgan fingerprint density at radius 1 is 0.839 bits per heavy atom. The molecule has 0 unspecified atom stereocenters. The largest absolute Gasteiger partial charge is 0.368 e. The number of hydrogen-bond donors (Lipinski definition) is 2. The van der Waals surface area contributed by atoms with E-state index >= 15 is 0 Å². The van der Waals surface area contributed by atoms with Crippen molar-refractivity contribution in [3.8, 4) is 0 Å². The van der Waals surface area contributed by atoms with Gasteiger partial charge in [-0.15, -0.1) is 6.58 Å². The van der Waals surface area contributed by atoms with Crippen LogP contribution >= 0.6 is 0 Å². The van der Waals surface area contributed by atoms with Crippen molar-refractivity contribution in [2.24, 2.45) is 5.73 Å². The number of hydrogen-bond acceptors (Lipinski definition) is 2. The van der Waals surface area contributed by atoms with Crippen molar-refractivity contribution in [1.29, 1.82) is 0 Å². The standard InChI is InChI=1S/C27H28N2O2/c1-2-3-19-24(26(28)31)29-25(30)20-27(21-13-7-4-8-14-21,22-15-9-5-10-16-22)23-17-11-6-12-18-23/h2,4-18,24H,1,3,19-20H2,(H2,28,31)(H,29,30)/t24-/m0/s1. The summed E-state index contributed by atoms with van der Waals surface area (Å²) in [5.41, 5.74) is 7.83. The molecule has 4 nitrogen and oxygen atoms in total. The van der Waals surface area contributed by atoms with Crippen LogP contribution in [0, 0.1) is 0 Å². The van der Waals surface area contributed by atoms with E-state index in [0.717, 1.165) is 16.7 Å². The first-order valence-electron chi connectivity index (χ1n) is 10.4. The second-order valence-corrected chi connectivity index (χ2v) is 7.57. The lowest BCUT2D eigenvalue weighted by molar-refractivity contribution is -0.127. The van der Waals surface area contributed by atoms with Crippen LogP contribution in [0.2, 0.25) is 0 Å². The minimum atomic E-state index is -0.731. The van der Waals surface area contributed by atoms with Crippen molar-refractivity contribution < 1.29 is 9.59 Å². The maximum atomic E-state index is 13.3. The fraction of sp³-hybridized carbons (Fsp3) is 0.185. The number of carbonyl (C=O) groups is 2. The molecule has 0 bridgehead atoms. The summed E-state index contributed by atoms with van der Waals surface area (Å²) >= 11 is 0. The van der Waals surface area contributed by atoms with Gasteiger partial charge in [0.2, 0.25) is 11.8 Å². The molecule has 2 amide bonds. The summed E-state index contributed by atoms with van der Waals surface area (Å²) in [5, 5.41) is 2.85. The van der Waals surface area contributed by atoms with Crippen molar-refractivity contribution in [3.63, 3.8) is 0 Å². The van der Waals surface area contributed by atoms with Gasteiger partial charge in [-0.25, -0.2) is 0 Å². The Hall–Kier alpha value is -3.66. The summed E-state index contributed by atoms with van der Waals surface area (Å²) in [6.45, 7) is 3.68. The van der Waals surface area contributed by atoms with Crippen LogP contribution in [0.1, 0.15) is 36.0 Å². The van der Waals surface area contributed by atoms with Crippen LogP contribution in [0.25, 0.3) is 0 Å². The van der Waals surface area contributed by atoms with Crippen molar-refractivity contribution >= 4 is 11.8 Å². The van der Waals surface area contributed by atoms with Gasteiger partial charge in [0.05, 0.1) is 5.41 Å². The average Bonchev–Trinajstić information content (AvgIpc) is 2.81. The molecule has 0 saturated carbocycles. The smallest absolute Gasteiger partial charge is 0.240 e. The molecule has 0 aromatic heterocycles. The third-order valence-corrected chi connectivity index (χ3v) is 5.56. The second kappa shape index (κ2) is 10.4. The van der Waals surface area contributed by atoms with E-state index in [1.165, 1.54) is 0 Å². The first-order chi connectivity index (χ1) is 15.1. The molecule has 0 saturated heterocycles. The van der Waals surface area contributed by atoms with E-state index in [9.17, 15) is 9.59 Å². The molecular formula is C27H28N2O2. The Labute approximate surface area is 183 Å². The van der Waals surface area contributed by atoms with Gasteiger partial charge >= 0.3 is 0 Å². The summed E-state index contributed by atoms with van der Waals surface area (Å²) in [6, 6.07) is 29.2. The Morgan fingerprint density at radius 2 is 1.26 bits per heavy atom. The van der Waals surface area contributed by atoms with Gasteiger partial charge in [0.15, 0.2) is 0 Å². The summed E-state index contributed by atoms with van der Waals surface area (Å²) < 4.78 is 0. The van der Waals surface area contributed by atoms with E-state index in [-0.39, 0.29) is 12.3 Å². The minimum Gasteiger partial charge on any atom is -0.368 e. The van der Waals surface area contributed by atoms with E-state index in [4.69, 9.17) is 5.73 Å². The van der Waals surface area contributed by atoms with E-state index < -0.39 is 17.4 Å². The number of rotatable bonds is 10. The number of benzene rings is 3. The molecule has 3 aromatic carbocycles. The molecule has 0 heterocycles. The maximum absolute atomic E-state index is 13.3. The summed E-state index contributed by atoms with van der Waals surface area (Å²) in [7, 11) is 0. The minimum absolute atomic E-state index is 0.142. The number of allylic oxidation sites excluding steroid dienone is 1. The van der Waals surface area contributed by atoms with Gasteiger partial charge < -0.3 is 11.1 Å². The predicted octanol–water partition coefficient (Wildman–Crippen LogP) is 4.35. The van der Waals surface area contributed by atoms with Crippen LogP contribution in [0.5, 0.6) is 0 Å². The Kier molecular flexibility index (Phi) is 7.39. The fourth-order valence-corrected chi connectivity index (χ4v) is 4.03. The van der Waals surface area contributed by atoms with Gasteiger partial charge in [-0.3, -0.25) is 9.59 Å². The molecule has 0 aliphatic rings. The van der Waals surface area contributed by atoms with Gasteiger partial charge in [-0.1, -0.05) is 97.1 Å². The van der Waals surface area contributed by atoms with E-state index in [0.29, 0.717) is 12.8 Å². The topological polar surface area (TPSA) is 72.2 Å². The molecular weight excluding hydrogens is 384 g/mol. The first kappa shape index (κ1) is 22.0. The van der Waals surface area contributed by atoms with Crippen LogP contribution < -0.4 is 11.1 Å². The summed E-state index contributed by atoms with van der Waals surface area (Å²) in [4.78, 5) is 25.2. The molecule has 4 heteroatoms. The van der Waals surface area contributed by atoms with Crippen molar-refractivity contribution in [2.75, 3.05) is 0 Å². The average molecular weight is 413 g/mol. The highest BCUT2D eigenvalue weighted by Gasteiger charge is 2.39. The quantitative estimate of drug-likeness (QED) is 0.384. The molecule has 0 aliphatic carbocycles. The molecule has 0 radical (unpaired) electrons. The molecule has 1 atom stereocenters. The summed E-state index contributed by atoms with van der Waals surface area (Å²) in [5.74, 6) is -0.774. The van der Waals surface area contributed by atoms with Gasteiger partial charge in [-0.2, -0.15) is 0 Å². The van der Waals surface area contributed by atoms with Crippen molar-refractivity contribution in [1.82, 2.24) is 5.32 Å². The highest BCUT2D eigenvalue weighted by Crippen LogP contribution is 2.42. The SMILES string of the molecule is C=CCC[C@H](NC(=O)CC(c1ccccc1)(c1ccccc1)c1ccccc1)C(N)=O. The van der Waals surface area contributed by atoms with Crippen LogP contribution in [0.4, 0.5) is 0 Å². The van der Waals surface area contributed by atoms with Crippen LogP contribution in [-0.4, -0.2) is 17.9 Å². The van der Waals surface area contributed by atoms with E-state index in [1.807, 2.05) is 91.0 Å². The first-order valence-corrected chi connectivity index (χ1v) is 10.4. The van der Waals surface area contributed by atoms with Gasteiger partial charge in [-0.05, 0) is 29.5 Å². The summed E-state index contributed by atoms with van der Waals surface area (Å²) in [6.07, 6.45) is 2.88. The van der Waals surface area contributed by atoms with Crippen molar-refractivity contribution in [3.05, 3.63) is 120 Å². The van der Waals surface area contributed by atoms with Gasteiger partial charge in [0.1, 0.15) is 6.04 Å². The molecule has 158 valence electrons. The highest BCUT2D eigenvalue weighted by atomic mass is 16.2. The third-order valence-electron chi connectivity index (χ3n) is 5.56. The Balaban J connectivity index is 2.09. The number of nitrogens with two attached hydrogens (primary N) is 1. The van der Waals surface area contributed by atoms with Crippen LogP contribution in [-0.2, 0) is 15.0 Å². The molecule has 3 aromatic rings. The second-order valence-electron chi connectivity index (χ2n) is 7.57. The predicted molar refractivity (Wildman–Crippen MR) is 124 cm³/mol. The zero-order valence-corrected chi connectivity index (χ0v) is 17.5. The molecule has 0 spiro atoms. The number of primary amides is 1. The number of nitrogens with one attached hydrogen (secondary N) is 1. The number of carbonyl (C=O) groups excluding carboxylic acids is 2. The third kappa shape index (κ3) is 5.10. The normalized spacial score (nSPS) is 12.0. The van der Waals surface area contributed by atoms with E-state index in [1.54, 1.807) is 6.08 Å². The Morgan fingerprint density at radius 3 is 1.61 bits per heavy atom. The molecule has 3 rings (SSSR count). The van der Waals surface area contributed by atoms with Gasteiger partial charge in [0, 0.05) is 6.42 Å². The number of amides is 2. The van der Waals surface area contributed by atoms with Gasteiger partial charge in [0.25, 0.3) is 0 Å². The van der Waals surface area contributed by atoms with Crippen molar-refractivity contribution in [2.45, 2.75) is 30.7 Å². The maximum Gasteiger partial charge on any atom is 0.240 e. The lowest BCUT2D eigenvalue weighted by Crippen LogP contribution is -2.46.